The van der Waals surface area contributed by atoms with E-state index in [1.165, 1.54) is 24.7 Å². The zero-order valence-corrected chi connectivity index (χ0v) is 26.1. The van der Waals surface area contributed by atoms with E-state index in [-0.39, 0.29) is 18.5 Å². The van der Waals surface area contributed by atoms with Crippen molar-refractivity contribution in [3.05, 3.63) is 88.7 Å². The molecule has 1 aromatic carbocycles. The maximum absolute atomic E-state index is 13.6. The van der Waals surface area contributed by atoms with Gasteiger partial charge in [-0.2, -0.15) is 5.10 Å². The Hall–Kier alpha value is -4.97. The van der Waals surface area contributed by atoms with Crippen molar-refractivity contribution >= 4 is 40.1 Å². The Balaban J connectivity index is 1.39. The summed E-state index contributed by atoms with van der Waals surface area (Å²) in [6.07, 6.45) is 8.47. The Morgan fingerprint density at radius 2 is 1.89 bits per heavy atom. The van der Waals surface area contributed by atoms with Crippen molar-refractivity contribution in [2.75, 3.05) is 4.90 Å². The molecule has 0 spiro atoms. The molecule has 2 amide bonds. The molecule has 1 aliphatic heterocycles. The summed E-state index contributed by atoms with van der Waals surface area (Å²) in [5.74, 6) is -0.0248. The fourth-order valence-corrected chi connectivity index (χ4v) is 6.00. The van der Waals surface area contributed by atoms with E-state index < -0.39 is 17.3 Å². The lowest BCUT2D eigenvalue weighted by Crippen LogP contribution is -2.52. The molecule has 11 nitrogen and oxygen atoms in total. The lowest BCUT2D eigenvalue weighted by atomic mass is 9.92. The maximum atomic E-state index is 13.6. The van der Waals surface area contributed by atoms with Crippen LogP contribution < -0.4 is 15.4 Å². The van der Waals surface area contributed by atoms with Gasteiger partial charge in [0.1, 0.15) is 17.4 Å². The van der Waals surface area contributed by atoms with Crippen LogP contribution >= 0.6 is 11.6 Å². The summed E-state index contributed by atoms with van der Waals surface area (Å²) in [6.45, 7) is 5.40. The highest BCUT2D eigenvalue weighted by molar-refractivity contribution is 6.30. The van der Waals surface area contributed by atoms with Gasteiger partial charge in [0, 0.05) is 23.3 Å². The third-order valence-corrected chi connectivity index (χ3v) is 8.62. The molecule has 7 rings (SSSR count). The second-order valence-electron chi connectivity index (χ2n) is 12.2. The minimum atomic E-state index is -1.20. The number of nitrogens with two attached hydrogens (primary N) is 1. The fourth-order valence-electron chi connectivity index (χ4n) is 5.90. The molecular formula is C33H30ClFN8O3. The zero-order valence-electron chi connectivity index (χ0n) is 25.4. The van der Waals surface area contributed by atoms with Crippen LogP contribution in [0.15, 0.2) is 55.1 Å². The first-order valence-electron chi connectivity index (χ1n) is 14.9. The first kappa shape index (κ1) is 29.7. The van der Waals surface area contributed by atoms with E-state index in [0.29, 0.717) is 73.7 Å². The fraction of sp³-hybridized carbons (Fsp3) is 0.303. The number of carbonyl (C=O) groups is 2. The van der Waals surface area contributed by atoms with Crippen molar-refractivity contribution in [1.29, 1.82) is 0 Å². The third kappa shape index (κ3) is 5.32. The minimum Gasteiger partial charge on any atom is -0.476 e. The Morgan fingerprint density at radius 3 is 2.57 bits per heavy atom. The first-order valence-corrected chi connectivity index (χ1v) is 15.3. The summed E-state index contributed by atoms with van der Waals surface area (Å²) in [5.41, 5.74) is 8.70. The van der Waals surface area contributed by atoms with Gasteiger partial charge in [0.15, 0.2) is 11.2 Å². The molecule has 234 valence electrons. The van der Waals surface area contributed by atoms with Crippen LogP contribution in [0.3, 0.4) is 0 Å². The van der Waals surface area contributed by atoms with Crippen molar-refractivity contribution in [3.63, 3.8) is 0 Å². The molecule has 1 unspecified atom stereocenters. The van der Waals surface area contributed by atoms with Crippen LogP contribution in [0.1, 0.15) is 67.2 Å². The number of aromatic nitrogens is 6. The molecule has 13 heteroatoms. The molecule has 1 aliphatic carbocycles. The molecule has 0 saturated heterocycles. The van der Waals surface area contributed by atoms with Crippen molar-refractivity contribution in [3.8, 4) is 16.9 Å². The van der Waals surface area contributed by atoms with Crippen molar-refractivity contribution in [2.45, 2.75) is 58.2 Å². The normalized spacial score (nSPS) is 16.3. The summed E-state index contributed by atoms with van der Waals surface area (Å²) >= 11 is 5.97. The predicted octanol–water partition coefficient (Wildman–Crippen LogP) is 5.44. The summed E-state index contributed by atoms with van der Waals surface area (Å²) in [5, 5.41) is 5.67. The van der Waals surface area contributed by atoms with Gasteiger partial charge in [0.05, 0.1) is 52.6 Å². The van der Waals surface area contributed by atoms with Gasteiger partial charge in [-0.05, 0) is 75.8 Å². The maximum Gasteiger partial charge on any atom is 0.271 e. The molecule has 2 aliphatic rings. The monoisotopic (exact) mass is 640 g/mol. The van der Waals surface area contributed by atoms with Crippen molar-refractivity contribution in [2.24, 2.45) is 11.7 Å². The topological polar surface area (TPSA) is 142 Å². The average molecular weight is 641 g/mol. The Labute approximate surface area is 268 Å². The van der Waals surface area contributed by atoms with Crippen LogP contribution in [-0.4, -0.2) is 47.1 Å². The second-order valence-corrected chi connectivity index (χ2v) is 12.7. The number of pyridine rings is 2. The van der Waals surface area contributed by atoms with Gasteiger partial charge in [0.2, 0.25) is 0 Å². The lowest BCUT2D eigenvalue weighted by molar-refractivity contribution is -0.132. The van der Waals surface area contributed by atoms with Gasteiger partial charge in [-0.25, -0.2) is 24.0 Å². The van der Waals surface area contributed by atoms with Gasteiger partial charge in [-0.3, -0.25) is 19.5 Å². The molecule has 0 bridgehead atoms. The molecule has 4 aromatic heterocycles. The summed E-state index contributed by atoms with van der Waals surface area (Å²) < 4.78 is 21.6. The standard InChI is InChI=1S/C33H30ClFN8O3/c1-17(23-8-7-21(35)14-37-23)43-31-22(15-40-43)28(29(30(36)44)24(41-31)10-18-4-5-18)19-6-9-25-26(11-19)46-33(2,3)32(45)42(25)16-27-38-12-20(34)13-39-27/h6-9,11-15,17-18H,4-5,10,16H2,1-3H3,(H2,36,44). The van der Waals surface area contributed by atoms with Crippen LogP contribution in [-0.2, 0) is 17.8 Å². The molecule has 2 N–H and O–H groups in total. The molecule has 1 saturated carbocycles. The second kappa shape index (κ2) is 11.1. The predicted molar refractivity (Wildman–Crippen MR) is 169 cm³/mol. The summed E-state index contributed by atoms with van der Waals surface area (Å²) in [7, 11) is 0. The largest absolute Gasteiger partial charge is 0.476 e. The van der Waals surface area contributed by atoms with Gasteiger partial charge < -0.3 is 10.5 Å². The molecule has 0 radical (unpaired) electrons. The number of primary amides is 1. The number of amides is 2. The van der Waals surface area contributed by atoms with Gasteiger partial charge >= 0.3 is 0 Å². The number of hydrogen-bond acceptors (Lipinski definition) is 8. The summed E-state index contributed by atoms with van der Waals surface area (Å²) in [4.78, 5) is 46.0. The Kier molecular flexibility index (Phi) is 7.19. The van der Waals surface area contributed by atoms with E-state index in [2.05, 4.69) is 20.1 Å². The van der Waals surface area contributed by atoms with Gasteiger partial charge in [-0.15, -0.1) is 0 Å². The smallest absolute Gasteiger partial charge is 0.271 e. The van der Waals surface area contributed by atoms with E-state index in [1.54, 1.807) is 41.8 Å². The molecule has 5 aromatic rings. The van der Waals surface area contributed by atoms with Crippen LogP contribution in [0.25, 0.3) is 22.2 Å². The molecular weight excluding hydrogens is 611 g/mol. The highest BCUT2D eigenvalue weighted by Crippen LogP contribution is 2.44. The highest BCUT2D eigenvalue weighted by atomic mass is 35.5. The minimum absolute atomic E-state index is 0.106. The van der Waals surface area contributed by atoms with Crippen LogP contribution in [0.4, 0.5) is 10.1 Å². The van der Waals surface area contributed by atoms with E-state index >= 15 is 0 Å². The van der Waals surface area contributed by atoms with E-state index in [1.807, 2.05) is 19.1 Å². The number of hydrogen-bond donors (Lipinski definition) is 1. The number of nitrogens with zero attached hydrogens (tertiary/aromatic N) is 7. The molecule has 1 atom stereocenters. The quantitative estimate of drug-likeness (QED) is 0.236. The van der Waals surface area contributed by atoms with E-state index in [4.69, 9.17) is 27.1 Å². The van der Waals surface area contributed by atoms with E-state index in [9.17, 15) is 14.0 Å². The average Bonchev–Trinajstić information content (AvgIpc) is 3.74. The van der Waals surface area contributed by atoms with Crippen molar-refractivity contribution in [1.82, 2.24) is 29.7 Å². The third-order valence-electron chi connectivity index (χ3n) is 8.43. The summed E-state index contributed by atoms with van der Waals surface area (Å²) in [6, 6.07) is 8.00. The number of rotatable bonds is 8. The van der Waals surface area contributed by atoms with E-state index in [0.717, 1.165) is 12.8 Å². The Bertz CT molecular complexity index is 2010. The lowest BCUT2D eigenvalue weighted by Gasteiger charge is -2.38. The number of fused-ring (bicyclic) bond motifs is 2. The first-order chi connectivity index (χ1) is 22.0. The number of benzene rings is 1. The number of halogens is 2. The molecule has 1 fully saturated rings. The van der Waals surface area contributed by atoms with Crippen molar-refractivity contribution < 1.29 is 18.7 Å². The van der Waals surface area contributed by atoms with Crippen LogP contribution in [0.2, 0.25) is 5.02 Å². The number of carbonyl (C=O) groups excluding carboxylic acids is 2. The van der Waals surface area contributed by atoms with Crippen LogP contribution in [0.5, 0.6) is 5.75 Å². The van der Waals surface area contributed by atoms with Crippen LogP contribution in [0, 0.1) is 11.7 Å². The highest BCUT2D eigenvalue weighted by Gasteiger charge is 2.41. The SMILES string of the molecule is CC(c1ccc(F)cn1)n1ncc2c(-c3ccc4c(c3)OC(C)(C)C(=O)N4Cc3ncc(Cl)cn3)c(C(N)=O)c(CC3CC3)nc21. The van der Waals surface area contributed by atoms with Gasteiger partial charge in [-0.1, -0.05) is 17.7 Å². The number of ether oxygens (including phenoxy) is 1. The molecule has 46 heavy (non-hydrogen) atoms. The van der Waals surface area contributed by atoms with Gasteiger partial charge in [0.25, 0.3) is 11.8 Å². The molecule has 5 heterocycles. The zero-order chi connectivity index (χ0) is 32.3. The Morgan fingerprint density at radius 1 is 1.13 bits per heavy atom. The number of anilines is 1.